The third-order valence-corrected chi connectivity index (χ3v) is 5.42. The Morgan fingerprint density at radius 3 is 2.17 bits per heavy atom. The second-order valence-corrected chi connectivity index (χ2v) is 8.35. The minimum absolute atomic E-state index is 0.00209. The van der Waals surface area contributed by atoms with Crippen molar-refractivity contribution >= 4 is 6.03 Å². The van der Waals surface area contributed by atoms with Gasteiger partial charge in [-0.15, -0.1) is 0 Å². The molecule has 29 heavy (non-hydrogen) atoms. The Kier molecular flexibility index (Phi) is 7.02. The monoisotopic (exact) mass is 403 g/mol. The molecule has 7 heteroatoms. The van der Waals surface area contributed by atoms with Crippen molar-refractivity contribution in [2.45, 2.75) is 51.2 Å². The summed E-state index contributed by atoms with van der Waals surface area (Å²) in [6.45, 7) is 9.36. The van der Waals surface area contributed by atoms with Crippen LogP contribution in [-0.4, -0.2) is 80.1 Å². The molecule has 1 N–H and O–H groups in total. The van der Waals surface area contributed by atoms with Gasteiger partial charge in [0.2, 0.25) is 0 Å². The average Bonchev–Trinajstić information content (AvgIpc) is 3.52. The van der Waals surface area contributed by atoms with Crippen LogP contribution in [0, 0.1) is 0 Å². The molecule has 0 spiro atoms. The first-order chi connectivity index (χ1) is 14.2. The zero-order valence-electron chi connectivity index (χ0n) is 17.3. The van der Waals surface area contributed by atoms with E-state index in [0.29, 0.717) is 25.3 Å². The fourth-order valence-electron chi connectivity index (χ4n) is 3.55. The van der Waals surface area contributed by atoms with E-state index in [-0.39, 0.29) is 12.1 Å². The fraction of sp³-hybridized carbons (Fsp3) is 0.682. The molecular weight excluding hydrogens is 370 g/mol. The standard InChI is InChI=1S/C22H33N3O4/c1-2-3-7-23-22(26)25(13-21-16-29-21)10-18-6-4-5-17(8-18)9-24(11-19-14-27-19)12-20-15-28-20/h4-6,8,19-21H,2-3,7,9-16H2,1H3,(H,23,26). The van der Waals surface area contributed by atoms with Crippen LogP contribution in [0.15, 0.2) is 24.3 Å². The lowest BCUT2D eigenvalue weighted by Crippen LogP contribution is -2.41. The molecule has 3 saturated heterocycles. The Morgan fingerprint density at radius 1 is 1.00 bits per heavy atom. The molecule has 160 valence electrons. The van der Waals surface area contributed by atoms with Crippen LogP contribution in [0.25, 0.3) is 0 Å². The lowest BCUT2D eigenvalue weighted by atomic mass is 10.1. The van der Waals surface area contributed by atoms with E-state index in [1.807, 2.05) is 4.90 Å². The van der Waals surface area contributed by atoms with E-state index in [2.05, 4.69) is 41.4 Å². The molecule has 0 radical (unpaired) electrons. The zero-order valence-corrected chi connectivity index (χ0v) is 17.3. The van der Waals surface area contributed by atoms with Crippen molar-refractivity contribution in [1.82, 2.24) is 15.1 Å². The summed E-state index contributed by atoms with van der Waals surface area (Å²) in [5.41, 5.74) is 2.41. The molecule has 0 saturated carbocycles. The van der Waals surface area contributed by atoms with E-state index >= 15 is 0 Å². The SMILES string of the molecule is CCCCNC(=O)N(Cc1cccc(CN(CC2CO2)CC2CO2)c1)CC1CO1. The second-order valence-electron chi connectivity index (χ2n) is 8.35. The van der Waals surface area contributed by atoms with Gasteiger partial charge in [0, 0.05) is 32.7 Å². The number of hydrogen-bond donors (Lipinski definition) is 1. The third-order valence-electron chi connectivity index (χ3n) is 5.42. The predicted molar refractivity (Wildman–Crippen MR) is 110 cm³/mol. The number of epoxide rings is 3. The topological polar surface area (TPSA) is 73.2 Å². The van der Waals surface area contributed by atoms with E-state index in [1.165, 1.54) is 5.56 Å². The molecule has 4 rings (SSSR count). The van der Waals surface area contributed by atoms with Crippen LogP contribution in [0.2, 0.25) is 0 Å². The van der Waals surface area contributed by atoms with Crippen molar-refractivity contribution in [3.8, 4) is 0 Å². The summed E-state index contributed by atoms with van der Waals surface area (Å²) in [6, 6.07) is 8.56. The maximum absolute atomic E-state index is 12.6. The number of benzene rings is 1. The molecule has 3 fully saturated rings. The number of nitrogens with zero attached hydrogens (tertiary/aromatic N) is 2. The molecule has 3 unspecified atom stereocenters. The molecule has 7 nitrogen and oxygen atoms in total. The van der Waals surface area contributed by atoms with E-state index in [1.54, 1.807) is 0 Å². The van der Waals surface area contributed by atoms with Gasteiger partial charge in [-0.2, -0.15) is 0 Å². The molecule has 1 aromatic carbocycles. The molecule has 2 amide bonds. The molecule has 0 bridgehead atoms. The maximum atomic E-state index is 12.6. The van der Waals surface area contributed by atoms with Gasteiger partial charge < -0.3 is 24.4 Å². The van der Waals surface area contributed by atoms with Crippen LogP contribution in [-0.2, 0) is 27.3 Å². The highest BCUT2D eigenvalue weighted by atomic mass is 16.6. The molecule has 0 aliphatic carbocycles. The number of unbranched alkanes of at least 4 members (excludes halogenated alkanes) is 1. The summed E-state index contributed by atoms with van der Waals surface area (Å²) < 4.78 is 16.2. The van der Waals surface area contributed by atoms with Gasteiger partial charge >= 0.3 is 6.03 Å². The molecule has 1 aromatic rings. The highest BCUT2D eigenvalue weighted by Gasteiger charge is 2.31. The number of amides is 2. The number of urea groups is 1. The first-order valence-corrected chi connectivity index (χ1v) is 10.9. The molecule has 3 aliphatic rings. The number of ether oxygens (including phenoxy) is 3. The van der Waals surface area contributed by atoms with Gasteiger partial charge in [-0.1, -0.05) is 37.6 Å². The number of nitrogens with one attached hydrogen (secondary N) is 1. The van der Waals surface area contributed by atoms with Gasteiger partial charge in [0.05, 0.1) is 44.7 Å². The summed E-state index contributed by atoms with van der Waals surface area (Å²) >= 11 is 0. The third kappa shape index (κ3) is 7.26. The first kappa shape index (κ1) is 20.6. The van der Waals surface area contributed by atoms with Crippen LogP contribution < -0.4 is 5.32 Å². The Morgan fingerprint density at radius 2 is 1.59 bits per heavy atom. The quantitative estimate of drug-likeness (QED) is 0.403. The number of hydrogen-bond acceptors (Lipinski definition) is 5. The Bertz CT molecular complexity index is 660. The summed E-state index contributed by atoms with van der Waals surface area (Å²) in [5.74, 6) is 0. The van der Waals surface area contributed by atoms with Crippen LogP contribution >= 0.6 is 0 Å². The summed E-state index contributed by atoms with van der Waals surface area (Å²) in [5, 5.41) is 3.04. The van der Waals surface area contributed by atoms with Gasteiger partial charge in [0.25, 0.3) is 0 Å². The normalized spacial score (nSPS) is 24.4. The molecule has 3 atom stereocenters. The van der Waals surface area contributed by atoms with Crippen molar-refractivity contribution in [2.75, 3.05) is 46.0 Å². The molecular formula is C22H33N3O4. The van der Waals surface area contributed by atoms with E-state index < -0.39 is 0 Å². The van der Waals surface area contributed by atoms with Gasteiger partial charge in [0.15, 0.2) is 0 Å². The minimum Gasteiger partial charge on any atom is -0.372 e. The Labute approximate surface area is 173 Å². The number of rotatable bonds is 13. The Balaban J connectivity index is 1.35. The van der Waals surface area contributed by atoms with Crippen molar-refractivity contribution in [3.05, 3.63) is 35.4 Å². The smallest absolute Gasteiger partial charge is 0.317 e. The highest BCUT2D eigenvalue weighted by Crippen LogP contribution is 2.19. The molecule has 3 aliphatic heterocycles. The highest BCUT2D eigenvalue weighted by molar-refractivity contribution is 5.74. The maximum Gasteiger partial charge on any atom is 0.317 e. The van der Waals surface area contributed by atoms with E-state index in [0.717, 1.165) is 64.4 Å². The van der Waals surface area contributed by atoms with E-state index in [9.17, 15) is 4.79 Å². The number of carbonyl (C=O) groups is 1. The van der Waals surface area contributed by atoms with Crippen LogP contribution in [0.4, 0.5) is 4.79 Å². The van der Waals surface area contributed by atoms with Crippen molar-refractivity contribution in [3.63, 3.8) is 0 Å². The van der Waals surface area contributed by atoms with Crippen LogP contribution in [0.1, 0.15) is 30.9 Å². The summed E-state index contributed by atoms with van der Waals surface area (Å²) in [4.78, 5) is 16.9. The molecule has 0 aromatic heterocycles. The minimum atomic E-state index is -0.00209. The van der Waals surface area contributed by atoms with Gasteiger partial charge in [0.1, 0.15) is 0 Å². The van der Waals surface area contributed by atoms with Crippen LogP contribution in [0.5, 0.6) is 0 Å². The lowest BCUT2D eigenvalue weighted by molar-refractivity contribution is 0.188. The second kappa shape index (κ2) is 9.89. The zero-order chi connectivity index (χ0) is 20.1. The first-order valence-electron chi connectivity index (χ1n) is 10.9. The number of carbonyl (C=O) groups excluding carboxylic acids is 1. The van der Waals surface area contributed by atoms with Gasteiger partial charge in [-0.05, 0) is 17.5 Å². The van der Waals surface area contributed by atoms with Crippen LogP contribution in [0.3, 0.4) is 0 Å². The Hall–Kier alpha value is -1.67. The summed E-state index contributed by atoms with van der Waals surface area (Å²) in [6.07, 6.45) is 3.00. The van der Waals surface area contributed by atoms with Crippen molar-refractivity contribution in [2.24, 2.45) is 0 Å². The molecule has 3 heterocycles. The largest absolute Gasteiger partial charge is 0.372 e. The lowest BCUT2D eigenvalue weighted by Gasteiger charge is -2.24. The van der Waals surface area contributed by atoms with Crippen molar-refractivity contribution < 1.29 is 19.0 Å². The average molecular weight is 404 g/mol. The fourth-order valence-corrected chi connectivity index (χ4v) is 3.55. The van der Waals surface area contributed by atoms with Crippen molar-refractivity contribution in [1.29, 1.82) is 0 Å². The van der Waals surface area contributed by atoms with Gasteiger partial charge in [-0.25, -0.2) is 4.79 Å². The summed E-state index contributed by atoms with van der Waals surface area (Å²) in [7, 11) is 0. The van der Waals surface area contributed by atoms with Gasteiger partial charge in [-0.3, -0.25) is 4.90 Å². The van der Waals surface area contributed by atoms with E-state index in [4.69, 9.17) is 14.2 Å². The predicted octanol–water partition coefficient (Wildman–Crippen LogP) is 2.00.